The van der Waals surface area contributed by atoms with Crippen LogP contribution in [0.25, 0.3) is 0 Å². The summed E-state index contributed by atoms with van der Waals surface area (Å²) in [6.07, 6.45) is -4.51. The van der Waals surface area contributed by atoms with Gasteiger partial charge in [0.2, 0.25) is 5.91 Å². The Kier molecular flexibility index (Phi) is 4.83. The molecule has 0 bridgehead atoms. The molecule has 0 aliphatic heterocycles. The van der Waals surface area contributed by atoms with Crippen LogP contribution in [-0.2, 0) is 11.0 Å². The van der Waals surface area contributed by atoms with Crippen LogP contribution in [0.4, 0.5) is 33.3 Å². The van der Waals surface area contributed by atoms with Crippen molar-refractivity contribution in [1.29, 1.82) is 0 Å². The molecular weight excluding hydrogens is 319 g/mol. The van der Waals surface area contributed by atoms with Crippen molar-refractivity contribution in [3.8, 4) is 0 Å². The van der Waals surface area contributed by atoms with E-state index in [9.17, 15) is 26.7 Å². The summed E-state index contributed by atoms with van der Waals surface area (Å²) < 4.78 is 63.4. The Bertz CT molecular complexity index is 715. The number of benzene rings is 2. The maximum absolute atomic E-state index is 13.0. The van der Waals surface area contributed by atoms with Gasteiger partial charge in [-0.2, -0.15) is 13.2 Å². The van der Waals surface area contributed by atoms with Crippen LogP contribution in [0.1, 0.15) is 5.56 Å². The molecule has 0 saturated heterocycles. The number of carbonyl (C=O) groups excluding carboxylic acids is 1. The van der Waals surface area contributed by atoms with Gasteiger partial charge in [0.25, 0.3) is 0 Å². The molecule has 0 aliphatic carbocycles. The molecule has 0 radical (unpaired) electrons. The molecule has 23 heavy (non-hydrogen) atoms. The molecule has 2 aromatic rings. The minimum Gasteiger partial charge on any atom is -0.376 e. The van der Waals surface area contributed by atoms with Gasteiger partial charge in [0.1, 0.15) is 0 Å². The van der Waals surface area contributed by atoms with Gasteiger partial charge in [-0.25, -0.2) is 8.78 Å². The summed E-state index contributed by atoms with van der Waals surface area (Å²) in [4.78, 5) is 11.7. The second-order valence-electron chi connectivity index (χ2n) is 4.61. The Morgan fingerprint density at radius 1 is 0.957 bits per heavy atom. The van der Waals surface area contributed by atoms with Crippen molar-refractivity contribution in [2.24, 2.45) is 0 Å². The first-order valence-electron chi connectivity index (χ1n) is 6.42. The van der Waals surface area contributed by atoms with Crippen LogP contribution in [0, 0.1) is 11.6 Å². The molecule has 2 aromatic carbocycles. The zero-order chi connectivity index (χ0) is 17.0. The average molecular weight is 330 g/mol. The van der Waals surface area contributed by atoms with Crippen molar-refractivity contribution in [3.05, 3.63) is 59.7 Å². The molecule has 2 N–H and O–H groups in total. The molecule has 2 rings (SSSR count). The number of alkyl halides is 3. The lowest BCUT2D eigenvalue weighted by molar-refractivity contribution is -0.137. The zero-order valence-corrected chi connectivity index (χ0v) is 11.5. The third-order valence-electron chi connectivity index (χ3n) is 2.85. The third kappa shape index (κ3) is 4.67. The molecule has 3 nitrogen and oxygen atoms in total. The van der Waals surface area contributed by atoms with E-state index < -0.39 is 29.3 Å². The molecule has 0 heterocycles. The summed E-state index contributed by atoms with van der Waals surface area (Å²) in [5, 5.41) is 4.82. The lowest BCUT2D eigenvalue weighted by Crippen LogP contribution is -2.22. The number of carbonyl (C=O) groups is 1. The van der Waals surface area contributed by atoms with Crippen LogP contribution in [0.3, 0.4) is 0 Å². The quantitative estimate of drug-likeness (QED) is 0.831. The predicted octanol–water partition coefficient (Wildman–Crippen LogP) is 4.03. The van der Waals surface area contributed by atoms with Gasteiger partial charge in [0.05, 0.1) is 12.1 Å². The molecule has 0 unspecified atom stereocenters. The first-order chi connectivity index (χ1) is 10.8. The second-order valence-corrected chi connectivity index (χ2v) is 4.61. The van der Waals surface area contributed by atoms with Gasteiger partial charge in [-0.1, -0.05) is 6.07 Å². The van der Waals surface area contributed by atoms with E-state index >= 15 is 0 Å². The van der Waals surface area contributed by atoms with Crippen LogP contribution < -0.4 is 10.6 Å². The zero-order valence-electron chi connectivity index (χ0n) is 11.5. The number of rotatable bonds is 4. The predicted molar refractivity (Wildman–Crippen MR) is 74.9 cm³/mol. The topological polar surface area (TPSA) is 41.1 Å². The van der Waals surface area contributed by atoms with Gasteiger partial charge >= 0.3 is 6.18 Å². The molecule has 0 fully saturated rings. The van der Waals surface area contributed by atoms with Crippen LogP contribution in [0.2, 0.25) is 0 Å². The fraction of sp³-hybridized carbons (Fsp3) is 0.133. The Morgan fingerprint density at radius 3 is 2.35 bits per heavy atom. The number of halogens is 5. The van der Waals surface area contributed by atoms with E-state index in [1.54, 1.807) is 0 Å². The molecule has 0 aliphatic rings. The highest BCUT2D eigenvalue weighted by Crippen LogP contribution is 2.30. The van der Waals surface area contributed by atoms with Crippen LogP contribution in [0.15, 0.2) is 42.5 Å². The summed E-state index contributed by atoms with van der Waals surface area (Å²) in [7, 11) is 0. The highest BCUT2D eigenvalue weighted by Gasteiger charge is 2.30. The minimum atomic E-state index is -4.51. The van der Waals surface area contributed by atoms with E-state index in [0.717, 1.165) is 24.3 Å². The number of hydrogen-bond acceptors (Lipinski definition) is 2. The average Bonchev–Trinajstić information content (AvgIpc) is 2.48. The Labute approximate surface area is 128 Å². The van der Waals surface area contributed by atoms with Crippen LogP contribution >= 0.6 is 0 Å². The van der Waals surface area contributed by atoms with E-state index in [2.05, 4.69) is 10.6 Å². The molecule has 0 aromatic heterocycles. The van der Waals surface area contributed by atoms with Crippen molar-refractivity contribution in [1.82, 2.24) is 0 Å². The Balaban J connectivity index is 1.96. The number of hydrogen-bond donors (Lipinski definition) is 2. The van der Waals surface area contributed by atoms with Gasteiger partial charge in [0.15, 0.2) is 11.6 Å². The number of amides is 1. The second kappa shape index (κ2) is 6.64. The summed E-state index contributed by atoms with van der Waals surface area (Å²) >= 11 is 0. The lowest BCUT2D eigenvalue weighted by atomic mass is 10.2. The van der Waals surface area contributed by atoms with E-state index in [1.165, 1.54) is 18.2 Å². The largest absolute Gasteiger partial charge is 0.416 e. The van der Waals surface area contributed by atoms with Gasteiger partial charge in [0, 0.05) is 17.4 Å². The molecule has 0 atom stereocenters. The summed E-state index contributed by atoms with van der Waals surface area (Å²) in [5.41, 5.74) is -0.733. The molecule has 1 amide bonds. The van der Waals surface area contributed by atoms with Gasteiger partial charge in [-0.05, 0) is 30.3 Å². The highest BCUT2D eigenvalue weighted by molar-refractivity contribution is 5.93. The first kappa shape index (κ1) is 16.7. The monoisotopic (exact) mass is 330 g/mol. The van der Waals surface area contributed by atoms with Gasteiger partial charge in [-0.3, -0.25) is 4.79 Å². The van der Waals surface area contributed by atoms with Crippen molar-refractivity contribution < 1.29 is 26.7 Å². The molecule has 0 saturated carbocycles. The first-order valence-corrected chi connectivity index (χ1v) is 6.42. The summed E-state index contributed by atoms with van der Waals surface area (Å²) in [5.74, 6) is -2.73. The molecule has 122 valence electrons. The van der Waals surface area contributed by atoms with Crippen molar-refractivity contribution in [3.63, 3.8) is 0 Å². The van der Waals surface area contributed by atoms with Gasteiger partial charge in [-0.15, -0.1) is 0 Å². The molecule has 8 heteroatoms. The van der Waals surface area contributed by atoms with Gasteiger partial charge < -0.3 is 10.6 Å². The van der Waals surface area contributed by atoms with Crippen molar-refractivity contribution in [2.75, 3.05) is 17.2 Å². The van der Waals surface area contributed by atoms with E-state index in [4.69, 9.17) is 0 Å². The standard InChI is InChI=1S/C15H11F5N2O/c16-12-5-4-10(7-13(12)17)21-8-14(23)22-11-3-1-2-9(6-11)15(18,19)20/h1-7,21H,8H2,(H,22,23). The summed E-state index contributed by atoms with van der Waals surface area (Å²) in [6, 6.07) is 7.15. The third-order valence-corrected chi connectivity index (χ3v) is 2.85. The van der Waals surface area contributed by atoms with Crippen molar-refractivity contribution in [2.45, 2.75) is 6.18 Å². The fourth-order valence-corrected chi connectivity index (χ4v) is 1.77. The number of nitrogens with one attached hydrogen (secondary N) is 2. The van der Waals surface area contributed by atoms with Crippen molar-refractivity contribution >= 4 is 17.3 Å². The smallest absolute Gasteiger partial charge is 0.376 e. The van der Waals surface area contributed by atoms with Crippen LogP contribution in [0.5, 0.6) is 0 Å². The lowest BCUT2D eigenvalue weighted by Gasteiger charge is -2.11. The minimum absolute atomic E-state index is 0.0167. The van der Waals surface area contributed by atoms with E-state index in [-0.39, 0.29) is 17.9 Å². The molecular formula is C15H11F5N2O. The normalized spacial score (nSPS) is 11.2. The van der Waals surface area contributed by atoms with E-state index in [0.29, 0.717) is 0 Å². The maximum Gasteiger partial charge on any atom is 0.416 e. The maximum atomic E-state index is 13.0. The summed E-state index contributed by atoms with van der Waals surface area (Å²) in [6.45, 7) is -0.318. The fourth-order valence-electron chi connectivity index (χ4n) is 1.77. The Morgan fingerprint density at radius 2 is 1.70 bits per heavy atom. The Hall–Kier alpha value is -2.64. The molecule has 0 spiro atoms. The van der Waals surface area contributed by atoms with E-state index in [1.807, 2.05) is 0 Å². The number of anilines is 2. The highest BCUT2D eigenvalue weighted by atomic mass is 19.4. The van der Waals surface area contributed by atoms with Crippen LogP contribution in [-0.4, -0.2) is 12.5 Å². The SMILES string of the molecule is O=C(CNc1ccc(F)c(F)c1)Nc1cccc(C(F)(F)F)c1.